The van der Waals surface area contributed by atoms with Crippen molar-refractivity contribution in [3.05, 3.63) is 12.7 Å². The molecule has 0 amide bonds. The molecule has 0 aromatic carbocycles. The van der Waals surface area contributed by atoms with E-state index in [1.54, 1.807) is 0 Å². The molecule has 0 aromatic rings. The lowest BCUT2D eigenvalue weighted by Gasteiger charge is -2.32. The minimum Gasteiger partial charge on any atom is -0.299 e. The van der Waals surface area contributed by atoms with Crippen LogP contribution in [-0.4, -0.2) is 5.78 Å². The summed E-state index contributed by atoms with van der Waals surface area (Å²) in [5.41, 5.74) is 0.245. The maximum Gasteiger partial charge on any atom is 0.136 e. The molecule has 0 N–H and O–H groups in total. The fourth-order valence-corrected chi connectivity index (χ4v) is 1.88. The first kappa shape index (κ1) is 9.50. The highest BCUT2D eigenvalue weighted by atomic mass is 16.1. The van der Waals surface area contributed by atoms with Gasteiger partial charge in [0.1, 0.15) is 5.78 Å². The summed E-state index contributed by atoms with van der Waals surface area (Å²) in [5.74, 6) is 0.710. The lowest BCUT2D eigenvalue weighted by Crippen LogP contribution is -2.29. The summed E-state index contributed by atoms with van der Waals surface area (Å²) in [6, 6.07) is 0. The maximum atomic E-state index is 11.6. The Labute approximate surface area is 74.9 Å². The van der Waals surface area contributed by atoms with Crippen LogP contribution < -0.4 is 0 Å². The zero-order chi connectivity index (χ0) is 9.19. The van der Waals surface area contributed by atoms with E-state index in [9.17, 15) is 4.79 Å². The Bertz CT molecular complexity index is 191. The molecule has 0 heterocycles. The second-order valence-electron chi connectivity index (χ2n) is 4.57. The van der Waals surface area contributed by atoms with Crippen molar-refractivity contribution in [1.82, 2.24) is 0 Å². The fourth-order valence-electron chi connectivity index (χ4n) is 1.88. The Morgan fingerprint density at radius 3 is 2.83 bits per heavy atom. The highest BCUT2D eigenvalue weighted by Gasteiger charge is 2.32. The molecule has 1 aliphatic rings. The Morgan fingerprint density at radius 1 is 1.67 bits per heavy atom. The third-order valence-corrected chi connectivity index (χ3v) is 2.73. The molecule has 1 unspecified atom stereocenters. The molecule has 1 atom stereocenters. The summed E-state index contributed by atoms with van der Waals surface area (Å²) in [7, 11) is 0. The van der Waals surface area contributed by atoms with Gasteiger partial charge >= 0.3 is 0 Å². The van der Waals surface area contributed by atoms with Crippen LogP contribution in [-0.2, 0) is 4.79 Å². The first-order chi connectivity index (χ1) is 5.55. The molecule has 0 saturated heterocycles. The number of hydrogen-bond acceptors (Lipinski definition) is 1. The summed E-state index contributed by atoms with van der Waals surface area (Å²) in [6.07, 6.45) is 5.72. The van der Waals surface area contributed by atoms with E-state index < -0.39 is 0 Å². The minimum absolute atomic E-state index is 0.245. The standard InChI is InChI=1S/C11H18O/c1-4-5-9-6-7-11(2,3)8-10(9)12/h4,9H,1,5-8H2,2-3H3. The predicted molar refractivity (Wildman–Crippen MR) is 50.9 cm³/mol. The summed E-state index contributed by atoms with van der Waals surface area (Å²) in [6.45, 7) is 8.02. The second kappa shape index (κ2) is 3.42. The van der Waals surface area contributed by atoms with E-state index in [1.807, 2.05) is 6.08 Å². The summed E-state index contributed by atoms with van der Waals surface area (Å²) >= 11 is 0. The van der Waals surface area contributed by atoms with Gasteiger partial charge in [-0.3, -0.25) is 4.79 Å². The number of Topliss-reactive ketones (excluding diaryl/α,β-unsaturated/α-hetero) is 1. The van der Waals surface area contributed by atoms with Crippen molar-refractivity contribution in [1.29, 1.82) is 0 Å². The van der Waals surface area contributed by atoms with Gasteiger partial charge in [0.05, 0.1) is 0 Å². The number of carbonyl (C=O) groups excluding carboxylic acids is 1. The smallest absolute Gasteiger partial charge is 0.136 e. The first-order valence-electron chi connectivity index (χ1n) is 4.69. The Kier molecular flexibility index (Phi) is 2.71. The molecule has 1 heteroatoms. The zero-order valence-corrected chi connectivity index (χ0v) is 8.10. The lowest BCUT2D eigenvalue weighted by molar-refractivity contribution is -0.127. The average molecular weight is 166 g/mol. The van der Waals surface area contributed by atoms with Gasteiger partial charge in [0.15, 0.2) is 0 Å². The van der Waals surface area contributed by atoms with Crippen LogP contribution in [0.1, 0.15) is 39.5 Å². The minimum atomic E-state index is 0.245. The summed E-state index contributed by atoms with van der Waals surface area (Å²) in [5, 5.41) is 0. The lowest BCUT2D eigenvalue weighted by atomic mass is 9.71. The van der Waals surface area contributed by atoms with Gasteiger partial charge in [0.2, 0.25) is 0 Å². The molecule has 1 rings (SSSR count). The van der Waals surface area contributed by atoms with Gasteiger partial charge in [-0.1, -0.05) is 19.9 Å². The average Bonchev–Trinajstić information content (AvgIpc) is 1.94. The molecule has 1 aliphatic carbocycles. The first-order valence-corrected chi connectivity index (χ1v) is 4.69. The molecular formula is C11H18O. The van der Waals surface area contributed by atoms with Crippen LogP contribution in [0, 0.1) is 11.3 Å². The van der Waals surface area contributed by atoms with Crippen LogP contribution in [0.4, 0.5) is 0 Å². The van der Waals surface area contributed by atoms with Gasteiger partial charge in [-0.25, -0.2) is 0 Å². The van der Waals surface area contributed by atoms with Crippen LogP contribution in [0.3, 0.4) is 0 Å². The highest BCUT2D eigenvalue weighted by Crippen LogP contribution is 2.36. The van der Waals surface area contributed by atoms with E-state index in [-0.39, 0.29) is 11.3 Å². The maximum absolute atomic E-state index is 11.6. The van der Waals surface area contributed by atoms with Crippen molar-refractivity contribution in [2.45, 2.75) is 39.5 Å². The SMILES string of the molecule is C=CCC1CCC(C)(C)CC1=O. The van der Waals surface area contributed by atoms with Crippen molar-refractivity contribution >= 4 is 5.78 Å². The van der Waals surface area contributed by atoms with E-state index in [0.717, 1.165) is 19.3 Å². The molecule has 12 heavy (non-hydrogen) atoms. The zero-order valence-electron chi connectivity index (χ0n) is 8.10. The second-order valence-corrected chi connectivity index (χ2v) is 4.57. The molecule has 0 aliphatic heterocycles. The molecule has 0 radical (unpaired) electrons. The van der Waals surface area contributed by atoms with E-state index >= 15 is 0 Å². The number of rotatable bonds is 2. The summed E-state index contributed by atoms with van der Waals surface area (Å²) < 4.78 is 0. The molecular weight excluding hydrogens is 148 g/mol. The van der Waals surface area contributed by atoms with Crippen LogP contribution in [0.2, 0.25) is 0 Å². The van der Waals surface area contributed by atoms with E-state index in [2.05, 4.69) is 20.4 Å². The van der Waals surface area contributed by atoms with E-state index in [4.69, 9.17) is 0 Å². The van der Waals surface area contributed by atoms with Crippen molar-refractivity contribution < 1.29 is 4.79 Å². The molecule has 68 valence electrons. The van der Waals surface area contributed by atoms with Crippen LogP contribution in [0.15, 0.2) is 12.7 Å². The summed E-state index contributed by atoms with van der Waals surface area (Å²) in [4.78, 5) is 11.6. The Balaban J connectivity index is 2.53. The topological polar surface area (TPSA) is 17.1 Å². The van der Waals surface area contributed by atoms with Crippen molar-refractivity contribution in [2.24, 2.45) is 11.3 Å². The highest BCUT2D eigenvalue weighted by molar-refractivity contribution is 5.82. The van der Waals surface area contributed by atoms with Crippen molar-refractivity contribution in [3.8, 4) is 0 Å². The van der Waals surface area contributed by atoms with Gasteiger partial charge in [-0.2, -0.15) is 0 Å². The monoisotopic (exact) mass is 166 g/mol. The van der Waals surface area contributed by atoms with Crippen LogP contribution >= 0.6 is 0 Å². The van der Waals surface area contributed by atoms with Crippen LogP contribution in [0.5, 0.6) is 0 Å². The predicted octanol–water partition coefficient (Wildman–Crippen LogP) is 2.96. The van der Waals surface area contributed by atoms with Crippen LogP contribution in [0.25, 0.3) is 0 Å². The number of carbonyl (C=O) groups is 1. The molecule has 0 aromatic heterocycles. The third kappa shape index (κ3) is 2.20. The number of allylic oxidation sites excluding steroid dienone is 1. The van der Waals surface area contributed by atoms with E-state index in [1.165, 1.54) is 6.42 Å². The molecule has 0 bridgehead atoms. The van der Waals surface area contributed by atoms with Crippen molar-refractivity contribution in [3.63, 3.8) is 0 Å². The molecule has 1 saturated carbocycles. The number of hydrogen-bond donors (Lipinski definition) is 0. The van der Waals surface area contributed by atoms with Gasteiger partial charge in [0.25, 0.3) is 0 Å². The van der Waals surface area contributed by atoms with Gasteiger partial charge in [-0.05, 0) is 24.7 Å². The largest absolute Gasteiger partial charge is 0.299 e. The Morgan fingerprint density at radius 2 is 2.33 bits per heavy atom. The third-order valence-electron chi connectivity index (χ3n) is 2.73. The Hall–Kier alpha value is -0.590. The van der Waals surface area contributed by atoms with Gasteiger partial charge < -0.3 is 0 Å². The van der Waals surface area contributed by atoms with Gasteiger partial charge in [0, 0.05) is 12.3 Å². The molecule has 1 nitrogen and oxygen atoms in total. The molecule has 1 fully saturated rings. The van der Waals surface area contributed by atoms with Crippen molar-refractivity contribution in [2.75, 3.05) is 0 Å². The van der Waals surface area contributed by atoms with Gasteiger partial charge in [-0.15, -0.1) is 6.58 Å². The quantitative estimate of drug-likeness (QED) is 0.576. The normalized spacial score (nSPS) is 28.5. The fraction of sp³-hybridized carbons (Fsp3) is 0.727. The van der Waals surface area contributed by atoms with E-state index in [0.29, 0.717) is 5.78 Å². The number of ketones is 1. The molecule has 0 spiro atoms.